The van der Waals surface area contributed by atoms with E-state index in [1.165, 1.54) is 18.2 Å². The Bertz CT molecular complexity index is 848. The summed E-state index contributed by atoms with van der Waals surface area (Å²) in [5.74, 6) is -2.79. The fourth-order valence-electron chi connectivity index (χ4n) is 1.96. The number of halogens is 7. The molecule has 0 saturated heterocycles. The van der Waals surface area contributed by atoms with Crippen molar-refractivity contribution in [3.8, 4) is 0 Å². The fraction of sp³-hybridized carbons (Fsp3) is 0.125. The van der Waals surface area contributed by atoms with Gasteiger partial charge in [-0.05, 0) is 30.3 Å². The van der Waals surface area contributed by atoms with Crippen molar-refractivity contribution in [2.75, 3.05) is 10.6 Å². The first-order chi connectivity index (χ1) is 12.4. The average Bonchev–Trinajstić information content (AvgIpc) is 2.55. The van der Waals surface area contributed by atoms with Crippen LogP contribution >= 0.6 is 11.6 Å². The molecule has 27 heavy (non-hydrogen) atoms. The molecule has 0 aliphatic heterocycles. The second-order valence-corrected chi connectivity index (χ2v) is 5.59. The molecule has 2 aromatic rings. The number of rotatable bonds is 2. The molecule has 0 heterocycles. The maximum Gasteiger partial charge on any atom is 0.416 e. The van der Waals surface area contributed by atoms with Gasteiger partial charge in [0, 0.05) is 5.69 Å². The minimum atomic E-state index is -5.08. The standard InChI is InChI=1S/C16H9ClF6N2O2/c17-11-3-1-2-4-12(11)25-14(27)13(26)24-10-6-8(15(18,19)20)5-9(7-10)16(21,22)23/h1-7H,(H,24,26)(H,25,27). The lowest BCUT2D eigenvalue weighted by atomic mass is 10.1. The Balaban J connectivity index is 2.26. The maximum atomic E-state index is 12.8. The lowest BCUT2D eigenvalue weighted by molar-refractivity contribution is -0.143. The van der Waals surface area contributed by atoms with Gasteiger partial charge in [0.15, 0.2) is 0 Å². The highest BCUT2D eigenvalue weighted by Gasteiger charge is 2.37. The number of alkyl halides is 6. The van der Waals surface area contributed by atoms with E-state index < -0.39 is 41.0 Å². The van der Waals surface area contributed by atoms with Crippen molar-refractivity contribution in [1.29, 1.82) is 0 Å². The minimum Gasteiger partial charge on any atom is -0.318 e. The molecule has 0 aliphatic rings. The quantitative estimate of drug-likeness (QED) is 0.543. The molecule has 4 nitrogen and oxygen atoms in total. The largest absolute Gasteiger partial charge is 0.416 e. The molecular weight excluding hydrogens is 402 g/mol. The molecule has 0 spiro atoms. The Hall–Kier alpha value is -2.75. The molecule has 0 radical (unpaired) electrons. The van der Waals surface area contributed by atoms with Gasteiger partial charge >= 0.3 is 24.2 Å². The number of amides is 2. The van der Waals surface area contributed by atoms with E-state index in [1.54, 1.807) is 11.4 Å². The Morgan fingerprint density at radius 2 is 1.26 bits per heavy atom. The van der Waals surface area contributed by atoms with Gasteiger partial charge in [0.25, 0.3) is 0 Å². The number of hydrogen-bond acceptors (Lipinski definition) is 2. The first-order valence-electron chi connectivity index (χ1n) is 7.04. The monoisotopic (exact) mass is 410 g/mol. The van der Waals surface area contributed by atoms with Crippen molar-refractivity contribution < 1.29 is 35.9 Å². The van der Waals surface area contributed by atoms with Crippen LogP contribution in [-0.2, 0) is 21.9 Å². The lowest BCUT2D eigenvalue weighted by Crippen LogP contribution is -2.29. The number of anilines is 2. The van der Waals surface area contributed by atoms with Gasteiger partial charge in [-0.2, -0.15) is 26.3 Å². The first-order valence-corrected chi connectivity index (χ1v) is 7.42. The van der Waals surface area contributed by atoms with E-state index in [0.717, 1.165) is 0 Å². The van der Waals surface area contributed by atoms with E-state index in [0.29, 0.717) is 0 Å². The van der Waals surface area contributed by atoms with Crippen LogP contribution in [0.2, 0.25) is 5.02 Å². The second-order valence-electron chi connectivity index (χ2n) is 5.18. The molecule has 2 N–H and O–H groups in total. The third-order valence-electron chi connectivity index (χ3n) is 3.17. The number of carbonyl (C=O) groups excluding carboxylic acids is 2. The zero-order valence-corrected chi connectivity index (χ0v) is 13.8. The number of benzene rings is 2. The van der Waals surface area contributed by atoms with E-state index in [4.69, 9.17) is 11.6 Å². The van der Waals surface area contributed by atoms with Crippen molar-refractivity contribution >= 4 is 34.8 Å². The van der Waals surface area contributed by atoms with Crippen LogP contribution in [0.1, 0.15) is 11.1 Å². The molecule has 0 atom stereocenters. The molecule has 0 unspecified atom stereocenters. The molecule has 0 fully saturated rings. The zero-order valence-electron chi connectivity index (χ0n) is 13.0. The Kier molecular flexibility index (Phi) is 5.69. The Morgan fingerprint density at radius 3 is 1.74 bits per heavy atom. The van der Waals surface area contributed by atoms with Crippen LogP contribution in [0.5, 0.6) is 0 Å². The highest BCUT2D eigenvalue weighted by atomic mass is 35.5. The van der Waals surface area contributed by atoms with Crippen molar-refractivity contribution in [3.63, 3.8) is 0 Å². The summed E-state index contributed by atoms with van der Waals surface area (Å²) >= 11 is 5.78. The lowest BCUT2D eigenvalue weighted by Gasteiger charge is -2.14. The van der Waals surface area contributed by atoms with Gasteiger partial charge in [-0.1, -0.05) is 23.7 Å². The van der Waals surface area contributed by atoms with E-state index >= 15 is 0 Å². The van der Waals surface area contributed by atoms with Gasteiger partial charge in [-0.25, -0.2) is 0 Å². The normalized spacial score (nSPS) is 11.8. The summed E-state index contributed by atoms with van der Waals surface area (Å²) in [5.41, 5.74) is -4.05. The van der Waals surface area contributed by atoms with Gasteiger partial charge in [0.1, 0.15) is 0 Å². The number of nitrogens with one attached hydrogen (secondary N) is 2. The van der Waals surface area contributed by atoms with E-state index in [9.17, 15) is 35.9 Å². The fourth-order valence-corrected chi connectivity index (χ4v) is 2.14. The van der Waals surface area contributed by atoms with Crippen molar-refractivity contribution in [1.82, 2.24) is 0 Å². The summed E-state index contributed by atoms with van der Waals surface area (Å²) in [6.45, 7) is 0. The number of hydrogen-bond donors (Lipinski definition) is 2. The third-order valence-corrected chi connectivity index (χ3v) is 3.50. The topological polar surface area (TPSA) is 58.2 Å². The summed E-state index contributed by atoms with van der Waals surface area (Å²) in [5, 5.41) is 3.89. The molecule has 0 saturated carbocycles. The SMILES string of the molecule is O=C(Nc1cc(C(F)(F)F)cc(C(F)(F)F)c1)C(=O)Nc1ccccc1Cl. The van der Waals surface area contributed by atoms with Crippen molar-refractivity contribution in [2.24, 2.45) is 0 Å². The van der Waals surface area contributed by atoms with Crippen LogP contribution < -0.4 is 10.6 Å². The number of carbonyl (C=O) groups is 2. The van der Waals surface area contributed by atoms with Gasteiger partial charge in [-0.3, -0.25) is 9.59 Å². The Morgan fingerprint density at radius 1 is 0.778 bits per heavy atom. The molecule has 2 aromatic carbocycles. The van der Waals surface area contributed by atoms with Crippen molar-refractivity contribution in [3.05, 3.63) is 58.6 Å². The molecule has 11 heteroatoms. The van der Waals surface area contributed by atoms with E-state index in [-0.39, 0.29) is 28.9 Å². The van der Waals surface area contributed by atoms with Crippen LogP contribution in [0.4, 0.5) is 37.7 Å². The van der Waals surface area contributed by atoms with Crippen LogP contribution in [0.25, 0.3) is 0 Å². The van der Waals surface area contributed by atoms with Gasteiger partial charge in [-0.15, -0.1) is 0 Å². The number of para-hydroxylation sites is 1. The van der Waals surface area contributed by atoms with Crippen LogP contribution in [0, 0.1) is 0 Å². The van der Waals surface area contributed by atoms with Crippen LogP contribution in [-0.4, -0.2) is 11.8 Å². The first kappa shape index (κ1) is 20.6. The second kappa shape index (κ2) is 7.47. The predicted octanol–water partition coefficient (Wildman–Crippen LogP) is 4.95. The maximum absolute atomic E-state index is 12.8. The highest BCUT2D eigenvalue weighted by molar-refractivity contribution is 6.44. The summed E-state index contributed by atoms with van der Waals surface area (Å²) < 4.78 is 76.7. The van der Waals surface area contributed by atoms with E-state index in [1.807, 2.05) is 0 Å². The molecule has 0 aliphatic carbocycles. The summed E-state index contributed by atoms with van der Waals surface area (Å²) in [7, 11) is 0. The van der Waals surface area contributed by atoms with Crippen LogP contribution in [0.15, 0.2) is 42.5 Å². The zero-order chi connectivity index (χ0) is 20.4. The highest BCUT2D eigenvalue weighted by Crippen LogP contribution is 2.37. The molecule has 144 valence electrons. The molecular formula is C16H9ClF6N2O2. The van der Waals surface area contributed by atoms with E-state index in [2.05, 4.69) is 5.32 Å². The minimum absolute atomic E-state index is 0.0411. The summed E-state index contributed by atoms with van der Waals surface area (Å²) in [6.07, 6.45) is -10.2. The molecule has 0 aromatic heterocycles. The Labute approximate surface area is 153 Å². The molecule has 0 bridgehead atoms. The van der Waals surface area contributed by atoms with Crippen LogP contribution in [0.3, 0.4) is 0 Å². The smallest absolute Gasteiger partial charge is 0.318 e. The van der Waals surface area contributed by atoms with Gasteiger partial charge in [0.2, 0.25) is 0 Å². The van der Waals surface area contributed by atoms with Gasteiger partial charge in [0.05, 0.1) is 21.8 Å². The molecule has 2 amide bonds. The van der Waals surface area contributed by atoms with Crippen molar-refractivity contribution in [2.45, 2.75) is 12.4 Å². The third kappa shape index (κ3) is 5.36. The van der Waals surface area contributed by atoms with Gasteiger partial charge < -0.3 is 10.6 Å². The average molecular weight is 411 g/mol. The molecule has 2 rings (SSSR count). The summed E-state index contributed by atoms with van der Waals surface area (Å²) in [6, 6.07) is 6.25. The summed E-state index contributed by atoms with van der Waals surface area (Å²) in [4.78, 5) is 23.6. The predicted molar refractivity (Wildman–Crippen MR) is 85.2 cm³/mol.